The SMILES string of the molecule is Cc1cnc(-c2cc(N3CCc4nc(N5CCC(N)C5)ncc4C3)ncc2Cl)c(C)c1. The topological polar surface area (TPSA) is 84.1 Å². The van der Waals surface area contributed by atoms with Crippen LogP contribution in [0.25, 0.3) is 11.3 Å². The number of nitrogens with zero attached hydrogens (tertiary/aromatic N) is 6. The van der Waals surface area contributed by atoms with E-state index < -0.39 is 0 Å². The summed E-state index contributed by atoms with van der Waals surface area (Å²) in [4.78, 5) is 23.1. The minimum Gasteiger partial charge on any atom is -0.352 e. The molecule has 0 aromatic carbocycles. The smallest absolute Gasteiger partial charge is 0.225 e. The third-order valence-corrected chi connectivity index (χ3v) is 6.36. The summed E-state index contributed by atoms with van der Waals surface area (Å²) in [6.07, 6.45) is 7.40. The van der Waals surface area contributed by atoms with Crippen molar-refractivity contribution >= 4 is 23.4 Å². The van der Waals surface area contributed by atoms with Crippen LogP contribution < -0.4 is 15.5 Å². The van der Waals surface area contributed by atoms with Gasteiger partial charge in [0.1, 0.15) is 5.82 Å². The highest BCUT2D eigenvalue weighted by molar-refractivity contribution is 6.33. The maximum absolute atomic E-state index is 6.50. The first-order valence-electron chi connectivity index (χ1n) is 10.7. The molecular formula is C23H26ClN7. The van der Waals surface area contributed by atoms with Gasteiger partial charge in [0, 0.05) is 68.4 Å². The summed E-state index contributed by atoms with van der Waals surface area (Å²) in [7, 11) is 0. The van der Waals surface area contributed by atoms with Crippen LogP contribution in [0.3, 0.4) is 0 Å². The first kappa shape index (κ1) is 20.2. The molecule has 7 nitrogen and oxygen atoms in total. The molecule has 5 rings (SSSR count). The van der Waals surface area contributed by atoms with Crippen LogP contribution in [0.15, 0.2) is 30.7 Å². The van der Waals surface area contributed by atoms with Crippen molar-refractivity contribution in [1.29, 1.82) is 0 Å². The van der Waals surface area contributed by atoms with Crippen molar-refractivity contribution in [3.05, 3.63) is 58.1 Å². The summed E-state index contributed by atoms with van der Waals surface area (Å²) in [5, 5.41) is 0.609. The summed E-state index contributed by atoms with van der Waals surface area (Å²) in [6, 6.07) is 4.38. The zero-order valence-corrected chi connectivity index (χ0v) is 18.6. The van der Waals surface area contributed by atoms with E-state index in [0.717, 1.165) is 84.4 Å². The zero-order chi connectivity index (χ0) is 21.5. The van der Waals surface area contributed by atoms with Crippen molar-refractivity contribution in [3.63, 3.8) is 0 Å². The number of aromatic nitrogens is 4. The Bertz CT molecular complexity index is 1130. The molecule has 2 aliphatic heterocycles. The molecule has 1 saturated heterocycles. The second-order valence-corrected chi connectivity index (χ2v) is 8.92. The molecule has 2 N–H and O–H groups in total. The van der Waals surface area contributed by atoms with Crippen LogP contribution in [0.2, 0.25) is 5.02 Å². The molecule has 2 aliphatic rings. The van der Waals surface area contributed by atoms with E-state index in [1.165, 1.54) is 0 Å². The maximum atomic E-state index is 6.50. The van der Waals surface area contributed by atoms with Crippen LogP contribution >= 0.6 is 11.6 Å². The number of nitrogens with two attached hydrogens (primary N) is 1. The van der Waals surface area contributed by atoms with Gasteiger partial charge in [-0.05, 0) is 37.5 Å². The van der Waals surface area contributed by atoms with E-state index in [1.54, 1.807) is 6.20 Å². The molecule has 0 aliphatic carbocycles. The van der Waals surface area contributed by atoms with Gasteiger partial charge in [-0.3, -0.25) is 4.98 Å². The Morgan fingerprint density at radius 3 is 2.68 bits per heavy atom. The van der Waals surface area contributed by atoms with Crippen LogP contribution in [0.5, 0.6) is 0 Å². The van der Waals surface area contributed by atoms with E-state index >= 15 is 0 Å². The predicted molar refractivity (Wildman–Crippen MR) is 124 cm³/mol. The monoisotopic (exact) mass is 435 g/mol. The average molecular weight is 436 g/mol. The fourth-order valence-electron chi connectivity index (χ4n) is 4.40. The molecule has 0 bridgehead atoms. The van der Waals surface area contributed by atoms with Crippen molar-refractivity contribution < 1.29 is 0 Å². The van der Waals surface area contributed by atoms with Gasteiger partial charge in [0.25, 0.3) is 0 Å². The van der Waals surface area contributed by atoms with E-state index in [-0.39, 0.29) is 6.04 Å². The average Bonchev–Trinajstić information content (AvgIpc) is 3.20. The second-order valence-electron chi connectivity index (χ2n) is 8.51. The molecule has 1 fully saturated rings. The third-order valence-electron chi connectivity index (χ3n) is 6.06. The van der Waals surface area contributed by atoms with E-state index in [1.807, 2.05) is 25.4 Å². The summed E-state index contributed by atoms with van der Waals surface area (Å²) >= 11 is 6.50. The quantitative estimate of drug-likeness (QED) is 0.675. The van der Waals surface area contributed by atoms with Crippen molar-refractivity contribution in [2.24, 2.45) is 5.73 Å². The molecule has 1 atom stereocenters. The van der Waals surface area contributed by atoms with Gasteiger partial charge in [-0.15, -0.1) is 0 Å². The first-order valence-corrected chi connectivity index (χ1v) is 11.0. The maximum Gasteiger partial charge on any atom is 0.225 e. The molecule has 0 amide bonds. The lowest BCUT2D eigenvalue weighted by atomic mass is 10.0. The van der Waals surface area contributed by atoms with Crippen LogP contribution in [-0.4, -0.2) is 45.6 Å². The van der Waals surface area contributed by atoms with Gasteiger partial charge in [-0.1, -0.05) is 17.7 Å². The molecule has 3 aromatic rings. The third kappa shape index (κ3) is 3.95. The number of fused-ring (bicyclic) bond motifs is 1. The lowest BCUT2D eigenvalue weighted by molar-refractivity contribution is 0.691. The minimum atomic E-state index is 0.215. The molecule has 8 heteroatoms. The van der Waals surface area contributed by atoms with Crippen LogP contribution in [0, 0.1) is 13.8 Å². The number of anilines is 2. The number of hydrogen-bond acceptors (Lipinski definition) is 7. The fourth-order valence-corrected chi connectivity index (χ4v) is 4.59. The van der Waals surface area contributed by atoms with Gasteiger partial charge in [0.2, 0.25) is 5.95 Å². The summed E-state index contributed by atoms with van der Waals surface area (Å²) in [5.41, 5.74) is 12.3. The van der Waals surface area contributed by atoms with Crippen LogP contribution in [0.1, 0.15) is 28.8 Å². The van der Waals surface area contributed by atoms with Crippen LogP contribution in [0.4, 0.5) is 11.8 Å². The van der Waals surface area contributed by atoms with Gasteiger partial charge >= 0.3 is 0 Å². The Morgan fingerprint density at radius 1 is 1.03 bits per heavy atom. The van der Waals surface area contributed by atoms with E-state index in [2.05, 4.69) is 37.7 Å². The molecule has 0 radical (unpaired) electrons. The van der Waals surface area contributed by atoms with Crippen molar-refractivity contribution in [1.82, 2.24) is 19.9 Å². The molecule has 5 heterocycles. The largest absolute Gasteiger partial charge is 0.352 e. The van der Waals surface area contributed by atoms with E-state index in [0.29, 0.717) is 5.02 Å². The lowest BCUT2D eigenvalue weighted by Gasteiger charge is -2.30. The van der Waals surface area contributed by atoms with Crippen molar-refractivity contribution in [3.8, 4) is 11.3 Å². The van der Waals surface area contributed by atoms with Crippen molar-refractivity contribution in [2.75, 3.05) is 29.4 Å². The molecule has 0 spiro atoms. The molecule has 160 valence electrons. The normalized spacial score (nSPS) is 18.4. The molecule has 31 heavy (non-hydrogen) atoms. The number of rotatable bonds is 3. The minimum absolute atomic E-state index is 0.215. The second kappa shape index (κ2) is 8.05. The highest BCUT2D eigenvalue weighted by Gasteiger charge is 2.25. The van der Waals surface area contributed by atoms with E-state index in [9.17, 15) is 0 Å². The highest BCUT2D eigenvalue weighted by atomic mass is 35.5. The van der Waals surface area contributed by atoms with Gasteiger partial charge in [0.05, 0.1) is 16.4 Å². The Labute approximate surface area is 187 Å². The van der Waals surface area contributed by atoms with Gasteiger partial charge < -0.3 is 15.5 Å². The van der Waals surface area contributed by atoms with Gasteiger partial charge in [0.15, 0.2) is 0 Å². The summed E-state index contributed by atoms with van der Waals surface area (Å²) < 4.78 is 0. The van der Waals surface area contributed by atoms with E-state index in [4.69, 9.17) is 22.3 Å². The molecule has 1 unspecified atom stereocenters. The van der Waals surface area contributed by atoms with Crippen LogP contribution in [-0.2, 0) is 13.0 Å². The number of pyridine rings is 2. The summed E-state index contributed by atoms with van der Waals surface area (Å²) in [6.45, 7) is 7.43. The number of halogens is 1. The standard InChI is InChI=1S/C23H26ClN7/c1-14-7-15(2)22(27-9-14)18-8-21(26-11-19(18)24)30-6-4-20-16(12-30)10-28-23(29-20)31-5-3-17(25)13-31/h7-11,17H,3-6,12-13,25H2,1-2H3. The molecule has 3 aromatic heterocycles. The Kier molecular flexibility index (Phi) is 5.24. The molecular weight excluding hydrogens is 410 g/mol. The predicted octanol–water partition coefficient (Wildman–Crippen LogP) is 3.30. The molecule has 0 saturated carbocycles. The Hall–Kier alpha value is -2.77. The summed E-state index contributed by atoms with van der Waals surface area (Å²) in [5.74, 6) is 1.69. The Morgan fingerprint density at radius 2 is 1.90 bits per heavy atom. The van der Waals surface area contributed by atoms with Crippen molar-refractivity contribution in [2.45, 2.75) is 39.3 Å². The fraction of sp³-hybridized carbons (Fsp3) is 0.391. The number of hydrogen-bond donors (Lipinski definition) is 1. The number of aryl methyl sites for hydroxylation is 2. The van der Waals surface area contributed by atoms with Gasteiger partial charge in [-0.2, -0.15) is 0 Å². The lowest BCUT2D eigenvalue weighted by Crippen LogP contribution is -2.33. The van der Waals surface area contributed by atoms with Gasteiger partial charge in [-0.25, -0.2) is 15.0 Å². The Balaban J connectivity index is 1.40. The highest BCUT2D eigenvalue weighted by Crippen LogP contribution is 2.33. The first-order chi connectivity index (χ1) is 15.0. The zero-order valence-electron chi connectivity index (χ0n) is 17.8.